The minimum absolute atomic E-state index is 0.0888. The van der Waals surface area contributed by atoms with Crippen LogP contribution >= 0.6 is 11.6 Å². The number of anilines is 1. The molecular weight excluding hydrogens is 332 g/mol. The Morgan fingerprint density at radius 1 is 1.25 bits per heavy atom. The van der Waals surface area contributed by atoms with E-state index in [1.54, 1.807) is 44.2 Å². The van der Waals surface area contributed by atoms with E-state index in [-0.39, 0.29) is 13.0 Å². The van der Waals surface area contributed by atoms with E-state index >= 15 is 0 Å². The smallest absolute Gasteiger partial charge is 0.313 e. The van der Waals surface area contributed by atoms with Crippen molar-refractivity contribution in [3.8, 4) is 0 Å². The van der Waals surface area contributed by atoms with Crippen LogP contribution in [0.15, 0.2) is 41.0 Å². The minimum atomic E-state index is -1.24. The molecule has 0 saturated heterocycles. The van der Waals surface area contributed by atoms with Crippen LogP contribution in [0.2, 0.25) is 5.02 Å². The Hall–Kier alpha value is -2.31. The number of carbonyl (C=O) groups excluding carboxylic acids is 2. The van der Waals surface area contributed by atoms with Gasteiger partial charge in [0.05, 0.1) is 11.9 Å². The minimum Gasteiger partial charge on any atom is -0.469 e. The van der Waals surface area contributed by atoms with Gasteiger partial charge in [-0.1, -0.05) is 17.7 Å². The third-order valence-electron chi connectivity index (χ3n) is 3.49. The van der Waals surface area contributed by atoms with Crippen molar-refractivity contribution in [2.24, 2.45) is 0 Å². The lowest BCUT2D eigenvalue weighted by Crippen LogP contribution is -2.45. The first-order valence-corrected chi connectivity index (χ1v) is 7.75. The van der Waals surface area contributed by atoms with Crippen LogP contribution in [-0.4, -0.2) is 29.1 Å². The molecule has 2 aromatic rings. The molecule has 2 rings (SSSR count). The van der Waals surface area contributed by atoms with Gasteiger partial charge in [0.1, 0.15) is 5.76 Å². The zero-order valence-corrected chi connectivity index (χ0v) is 14.2. The standard InChI is InChI=1S/C17H19ClN2O4/c1-11-13(18)6-3-7-14(11)20-16(22)15(21)19-10-17(2,23)9-12-5-4-8-24-12/h3-8,23H,9-10H2,1-2H3,(H,19,21)(H,20,22)/t17-/m1/s1. The first kappa shape index (κ1) is 18.0. The molecule has 1 aromatic heterocycles. The highest BCUT2D eigenvalue weighted by Crippen LogP contribution is 2.22. The lowest BCUT2D eigenvalue weighted by atomic mass is 10.0. The highest BCUT2D eigenvalue weighted by molar-refractivity contribution is 6.40. The number of rotatable bonds is 5. The summed E-state index contributed by atoms with van der Waals surface area (Å²) < 4.78 is 5.16. The van der Waals surface area contributed by atoms with Crippen molar-refractivity contribution in [2.75, 3.05) is 11.9 Å². The molecule has 24 heavy (non-hydrogen) atoms. The fourth-order valence-corrected chi connectivity index (χ4v) is 2.30. The Kier molecular flexibility index (Phi) is 5.64. The van der Waals surface area contributed by atoms with E-state index in [1.165, 1.54) is 6.26 Å². The molecule has 0 aliphatic carbocycles. The molecule has 1 heterocycles. The van der Waals surface area contributed by atoms with Gasteiger partial charge in [0.15, 0.2) is 0 Å². The summed E-state index contributed by atoms with van der Waals surface area (Å²) in [6.07, 6.45) is 1.72. The van der Waals surface area contributed by atoms with Gasteiger partial charge in [0.25, 0.3) is 0 Å². The van der Waals surface area contributed by atoms with Crippen molar-refractivity contribution < 1.29 is 19.1 Å². The topological polar surface area (TPSA) is 91.6 Å². The van der Waals surface area contributed by atoms with E-state index < -0.39 is 17.4 Å². The summed E-state index contributed by atoms with van der Waals surface area (Å²) in [5.74, 6) is -1.07. The summed E-state index contributed by atoms with van der Waals surface area (Å²) in [6, 6.07) is 8.46. The first-order chi connectivity index (χ1) is 11.3. The second-order valence-corrected chi connectivity index (χ2v) is 6.21. The molecule has 0 saturated carbocycles. The van der Waals surface area contributed by atoms with Gasteiger partial charge in [-0.05, 0) is 43.7 Å². The molecule has 0 fully saturated rings. The molecule has 0 bridgehead atoms. The molecule has 6 nitrogen and oxygen atoms in total. The van der Waals surface area contributed by atoms with Gasteiger partial charge >= 0.3 is 11.8 Å². The molecule has 0 aliphatic rings. The highest BCUT2D eigenvalue weighted by Gasteiger charge is 2.25. The maximum atomic E-state index is 11.9. The molecule has 0 aliphatic heterocycles. The Labute approximate surface area is 144 Å². The van der Waals surface area contributed by atoms with E-state index in [0.29, 0.717) is 22.0 Å². The van der Waals surface area contributed by atoms with Crippen LogP contribution in [0.25, 0.3) is 0 Å². The number of aliphatic hydroxyl groups is 1. The Morgan fingerprint density at radius 3 is 2.67 bits per heavy atom. The van der Waals surface area contributed by atoms with Crippen LogP contribution in [-0.2, 0) is 16.0 Å². The number of halogens is 1. The number of furan rings is 1. The van der Waals surface area contributed by atoms with Gasteiger partial charge in [0.2, 0.25) is 0 Å². The van der Waals surface area contributed by atoms with E-state index in [9.17, 15) is 14.7 Å². The van der Waals surface area contributed by atoms with Crippen molar-refractivity contribution >= 4 is 29.1 Å². The predicted octanol–water partition coefficient (Wildman–Crippen LogP) is 2.29. The van der Waals surface area contributed by atoms with Crippen LogP contribution in [0.5, 0.6) is 0 Å². The highest BCUT2D eigenvalue weighted by atomic mass is 35.5. The fraction of sp³-hybridized carbons (Fsp3) is 0.294. The predicted molar refractivity (Wildman–Crippen MR) is 90.9 cm³/mol. The van der Waals surface area contributed by atoms with Crippen molar-refractivity contribution in [3.05, 3.63) is 52.9 Å². The second kappa shape index (κ2) is 7.51. The zero-order chi connectivity index (χ0) is 17.7. The molecule has 0 radical (unpaired) electrons. The third kappa shape index (κ3) is 4.84. The number of hydrogen-bond acceptors (Lipinski definition) is 4. The number of nitrogens with one attached hydrogen (secondary N) is 2. The average Bonchev–Trinajstić information content (AvgIpc) is 3.01. The van der Waals surface area contributed by atoms with Gasteiger partial charge < -0.3 is 20.2 Å². The van der Waals surface area contributed by atoms with Crippen molar-refractivity contribution in [3.63, 3.8) is 0 Å². The van der Waals surface area contributed by atoms with Gasteiger partial charge in [-0.2, -0.15) is 0 Å². The summed E-state index contributed by atoms with van der Waals surface area (Å²) in [5, 5.41) is 15.7. The van der Waals surface area contributed by atoms with Gasteiger partial charge in [-0.15, -0.1) is 0 Å². The van der Waals surface area contributed by atoms with Crippen molar-refractivity contribution in [1.29, 1.82) is 0 Å². The Morgan fingerprint density at radius 2 is 2.00 bits per heavy atom. The van der Waals surface area contributed by atoms with Gasteiger partial charge in [-0.3, -0.25) is 9.59 Å². The molecule has 2 amide bonds. The quantitative estimate of drug-likeness (QED) is 0.721. The first-order valence-electron chi connectivity index (χ1n) is 7.37. The maximum Gasteiger partial charge on any atom is 0.313 e. The maximum absolute atomic E-state index is 11.9. The zero-order valence-electron chi connectivity index (χ0n) is 13.4. The van der Waals surface area contributed by atoms with E-state index in [1.807, 2.05) is 0 Å². The monoisotopic (exact) mass is 350 g/mol. The van der Waals surface area contributed by atoms with Crippen molar-refractivity contribution in [2.45, 2.75) is 25.9 Å². The largest absolute Gasteiger partial charge is 0.469 e. The molecule has 1 aromatic carbocycles. The molecular formula is C17H19ClN2O4. The molecule has 7 heteroatoms. The SMILES string of the molecule is Cc1c(Cl)cccc1NC(=O)C(=O)NC[C@](C)(O)Cc1ccco1. The summed E-state index contributed by atoms with van der Waals surface area (Å²) in [5.41, 5.74) is -0.102. The fourth-order valence-electron chi connectivity index (χ4n) is 2.12. The number of carbonyl (C=O) groups is 2. The Balaban J connectivity index is 1.89. The van der Waals surface area contributed by atoms with E-state index in [2.05, 4.69) is 10.6 Å². The average molecular weight is 351 g/mol. The molecule has 0 unspecified atom stereocenters. The van der Waals surface area contributed by atoms with Crippen molar-refractivity contribution in [1.82, 2.24) is 5.32 Å². The Bertz CT molecular complexity index is 726. The summed E-state index contributed by atoms with van der Waals surface area (Å²) in [6.45, 7) is 3.20. The number of hydrogen-bond donors (Lipinski definition) is 3. The third-order valence-corrected chi connectivity index (χ3v) is 3.90. The summed E-state index contributed by atoms with van der Waals surface area (Å²) >= 11 is 5.97. The molecule has 3 N–H and O–H groups in total. The molecule has 1 atom stereocenters. The lowest BCUT2D eigenvalue weighted by Gasteiger charge is -2.22. The van der Waals surface area contributed by atoms with Crippen LogP contribution in [0.3, 0.4) is 0 Å². The second-order valence-electron chi connectivity index (χ2n) is 5.80. The summed E-state index contributed by atoms with van der Waals surface area (Å²) in [4.78, 5) is 23.8. The lowest BCUT2D eigenvalue weighted by molar-refractivity contribution is -0.136. The van der Waals surface area contributed by atoms with Gasteiger partial charge in [0, 0.05) is 23.7 Å². The normalized spacial score (nSPS) is 13.2. The van der Waals surface area contributed by atoms with Gasteiger partial charge in [-0.25, -0.2) is 0 Å². The molecule has 0 spiro atoms. The van der Waals surface area contributed by atoms with E-state index in [0.717, 1.165) is 0 Å². The molecule has 128 valence electrons. The number of benzene rings is 1. The van der Waals surface area contributed by atoms with Crippen LogP contribution < -0.4 is 10.6 Å². The van der Waals surface area contributed by atoms with E-state index in [4.69, 9.17) is 16.0 Å². The summed E-state index contributed by atoms with van der Waals surface area (Å²) in [7, 11) is 0. The van der Waals surface area contributed by atoms with Crippen LogP contribution in [0.4, 0.5) is 5.69 Å². The van der Waals surface area contributed by atoms with Crippen LogP contribution in [0.1, 0.15) is 18.2 Å². The van der Waals surface area contributed by atoms with Crippen LogP contribution in [0, 0.1) is 6.92 Å². The number of amides is 2.